The number of hydrogen-bond donors (Lipinski definition) is 3. The first-order valence-corrected chi connectivity index (χ1v) is 11.2. The number of anilines is 1. The van der Waals surface area contributed by atoms with E-state index >= 15 is 0 Å². The molecule has 3 rings (SSSR count). The van der Waals surface area contributed by atoms with Crippen molar-refractivity contribution >= 4 is 41.7 Å². The number of carbonyl (C=O) groups is 1. The molecule has 8 nitrogen and oxygen atoms in total. The lowest BCUT2D eigenvalue weighted by molar-refractivity contribution is -0.122. The van der Waals surface area contributed by atoms with Crippen LogP contribution >= 0.6 is 24.0 Å². The standard InChI is InChI=1S/C24H34N6O2.HI/c1-3-26-24(28-14-12-18-8-10-21(32-2)11-9-18)29-16-19-6-4-13-27-23(19)30-15-5-7-20(17-30)22(25)31;/h4,6,8-11,13,20H,3,5,7,12,14-17H2,1-2H3,(H2,25,31)(H2,26,28,29);1H. The number of nitrogens with one attached hydrogen (secondary N) is 2. The minimum atomic E-state index is -0.235. The Labute approximate surface area is 213 Å². The van der Waals surface area contributed by atoms with Gasteiger partial charge in [0, 0.05) is 37.9 Å². The maximum atomic E-state index is 11.7. The molecule has 0 spiro atoms. The summed E-state index contributed by atoms with van der Waals surface area (Å²) >= 11 is 0. The van der Waals surface area contributed by atoms with Crippen molar-refractivity contribution in [3.8, 4) is 5.75 Å². The summed E-state index contributed by atoms with van der Waals surface area (Å²) in [6.45, 7) is 5.58. The Morgan fingerprint density at radius 2 is 2.06 bits per heavy atom. The van der Waals surface area contributed by atoms with E-state index < -0.39 is 0 Å². The second-order valence-corrected chi connectivity index (χ2v) is 7.89. The molecule has 0 saturated carbocycles. The monoisotopic (exact) mass is 566 g/mol. The lowest BCUT2D eigenvalue weighted by atomic mass is 9.97. The van der Waals surface area contributed by atoms with Crippen molar-refractivity contribution < 1.29 is 9.53 Å². The van der Waals surface area contributed by atoms with E-state index in [1.165, 1.54) is 5.56 Å². The number of pyridine rings is 1. The molecule has 2 heterocycles. The van der Waals surface area contributed by atoms with Gasteiger partial charge in [-0.25, -0.2) is 9.98 Å². The van der Waals surface area contributed by atoms with E-state index in [0.29, 0.717) is 13.1 Å². The third kappa shape index (κ3) is 8.06. The number of carbonyl (C=O) groups excluding carboxylic acids is 1. The number of primary amides is 1. The molecule has 1 fully saturated rings. The fourth-order valence-electron chi connectivity index (χ4n) is 3.86. The molecule has 1 amide bonds. The minimum Gasteiger partial charge on any atom is -0.497 e. The first-order valence-electron chi connectivity index (χ1n) is 11.2. The molecule has 1 aromatic carbocycles. The Bertz CT molecular complexity index is 906. The molecular weight excluding hydrogens is 531 g/mol. The average molecular weight is 566 g/mol. The number of guanidine groups is 1. The van der Waals surface area contributed by atoms with Crippen molar-refractivity contribution in [2.75, 3.05) is 38.2 Å². The zero-order valence-electron chi connectivity index (χ0n) is 19.4. The molecule has 0 aliphatic carbocycles. The van der Waals surface area contributed by atoms with Gasteiger partial charge in [0.15, 0.2) is 5.96 Å². The van der Waals surface area contributed by atoms with Crippen molar-refractivity contribution in [1.82, 2.24) is 15.6 Å². The van der Waals surface area contributed by atoms with Gasteiger partial charge < -0.3 is 26.0 Å². The Morgan fingerprint density at radius 3 is 2.76 bits per heavy atom. The zero-order chi connectivity index (χ0) is 22.8. The Kier molecular flexibility index (Phi) is 11.2. The van der Waals surface area contributed by atoms with Gasteiger partial charge in [0.1, 0.15) is 11.6 Å². The summed E-state index contributed by atoms with van der Waals surface area (Å²) in [5, 5.41) is 6.70. The first-order chi connectivity index (χ1) is 15.6. The second-order valence-electron chi connectivity index (χ2n) is 7.89. The number of halogens is 1. The van der Waals surface area contributed by atoms with E-state index in [4.69, 9.17) is 15.5 Å². The Morgan fingerprint density at radius 1 is 1.27 bits per heavy atom. The van der Waals surface area contributed by atoms with E-state index in [2.05, 4.69) is 32.7 Å². The number of nitrogens with zero attached hydrogens (tertiary/aromatic N) is 3. The Balaban J connectivity index is 0.00000385. The molecule has 1 saturated heterocycles. The van der Waals surface area contributed by atoms with Gasteiger partial charge in [-0.2, -0.15) is 0 Å². The van der Waals surface area contributed by atoms with Crippen LogP contribution in [0.2, 0.25) is 0 Å². The predicted octanol–water partition coefficient (Wildman–Crippen LogP) is 2.71. The van der Waals surface area contributed by atoms with Crippen LogP contribution in [0.1, 0.15) is 30.9 Å². The molecule has 4 N–H and O–H groups in total. The molecule has 33 heavy (non-hydrogen) atoms. The molecule has 9 heteroatoms. The van der Waals surface area contributed by atoms with E-state index in [-0.39, 0.29) is 35.8 Å². The number of aliphatic imine (C=N–C) groups is 1. The second kappa shape index (κ2) is 13.9. The first kappa shape index (κ1) is 26.7. The Hall–Kier alpha value is -2.56. The van der Waals surface area contributed by atoms with Gasteiger partial charge in [0.05, 0.1) is 19.6 Å². The lowest BCUT2D eigenvalue weighted by Crippen LogP contribution is -2.42. The molecule has 0 bridgehead atoms. The number of piperidine rings is 1. The van der Waals surface area contributed by atoms with Gasteiger partial charge in [0.2, 0.25) is 5.91 Å². The minimum absolute atomic E-state index is 0. The largest absolute Gasteiger partial charge is 0.497 e. The SMILES string of the molecule is CCNC(=NCc1cccnc1N1CCCC(C(N)=O)C1)NCCc1ccc(OC)cc1.I. The fraction of sp³-hybridized carbons (Fsp3) is 0.458. The van der Waals surface area contributed by atoms with Gasteiger partial charge in [-0.15, -0.1) is 24.0 Å². The summed E-state index contributed by atoms with van der Waals surface area (Å²) in [6, 6.07) is 12.1. The summed E-state index contributed by atoms with van der Waals surface area (Å²) in [5.74, 6) is 2.15. The van der Waals surface area contributed by atoms with Gasteiger partial charge >= 0.3 is 0 Å². The normalized spacial score (nSPS) is 16.0. The van der Waals surface area contributed by atoms with Crippen molar-refractivity contribution in [2.24, 2.45) is 16.6 Å². The van der Waals surface area contributed by atoms with Crippen molar-refractivity contribution in [2.45, 2.75) is 32.7 Å². The molecule has 1 aromatic heterocycles. The van der Waals surface area contributed by atoms with E-state index in [1.54, 1.807) is 13.3 Å². The number of amides is 1. The zero-order valence-corrected chi connectivity index (χ0v) is 21.7. The number of hydrogen-bond acceptors (Lipinski definition) is 5. The van der Waals surface area contributed by atoms with Crippen LogP contribution in [0, 0.1) is 5.92 Å². The van der Waals surface area contributed by atoms with E-state index in [1.807, 2.05) is 31.2 Å². The number of aromatic nitrogens is 1. The average Bonchev–Trinajstić information content (AvgIpc) is 2.83. The predicted molar refractivity (Wildman–Crippen MR) is 143 cm³/mol. The van der Waals surface area contributed by atoms with Gasteiger partial charge in [-0.3, -0.25) is 4.79 Å². The van der Waals surface area contributed by atoms with Gasteiger partial charge in [-0.1, -0.05) is 18.2 Å². The van der Waals surface area contributed by atoms with Crippen LogP contribution < -0.4 is 26.0 Å². The van der Waals surface area contributed by atoms with Gasteiger partial charge in [-0.05, 0) is 49.9 Å². The summed E-state index contributed by atoms with van der Waals surface area (Å²) in [5.41, 5.74) is 7.82. The van der Waals surface area contributed by atoms with Gasteiger partial charge in [0.25, 0.3) is 0 Å². The van der Waals surface area contributed by atoms with Crippen LogP contribution in [0.5, 0.6) is 5.75 Å². The van der Waals surface area contributed by atoms with Crippen molar-refractivity contribution in [3.05, 3.63) is 53.7 Å². The summed E-state index contributed by atoms with van der Waals surface area (Å²) in [4.78, 5) is 23.2. The summed E-state index contributed by atoms with van der Waals surface area (Å²) < 4.78 is 5.21. The quantitative estimate of drug-likeness (QED) is 0.245. The van der Waals surface area contributed by atoms with E-state index in [0.717, 1.165) is 62.0 Å². The smallest absolute Gasteiger partial charge is 0.222 e. The van der Waals surface area contributed by atoms with Crippen LogP contribution in [0.4, 0.5) is 5.82 Å². The number of nitrogens with two attached hydrogens (primary N) is 1. The molecular formula is C24H35IN6O2. The molecule has 1 unspecified atom stereocenters. The van der Waals surface area contributed by atoms with Crippen LogP contribution in [0.25, 0.3) is 0 Å². The highest BCUT2D eigenvalue weighted by Gasteiger charge is 2.25. The molecule has 1 aliphatic rings. The third-order valence-electron chi connectivity index (χ3n) is 5.61. The summed E-state index contributed by atoms with van der Waals surface area (Å²) in [6.07, 6.45) is 4.45. The maximum absolute atomic E-state index is 11.7. The highest BCUT2D eigenvalue weighted by atomic mass is 127. The van der Waals surface area contributed by atoms with Crippen LogP contribution in [0.3, 0.4) is 0 Å². The fourth-order valence-corrected chi connectivity index (χ4v) is 3.86. The van der Waals surface area contributed by atoms with E-state index in [9.17, 15) is 4.79 Å². The number of rotatable bonds is 9. The topological polar surface area (TPSA) is 105 Å². The molecule has 0 radical (unpaired) electrons. The lowest BCUT2D eigenvalue weighted by Gasteiger charge is -2.33. The number of benzene rings is 1. The van der Waals surface area contributed by atoms with Crippen LogP contribution in [-0.4, -0.2) is 50.1 Å². The molecule has 2 aromatic rings. The molecule has 1 aliphatic heterocycles. The van der Waals surface area contributed by atoms with Crippen LogP contribution in [-0.2, 0) is 17.8 Å². The highest BCUT2D eigenvalue weighted by Crippen LogP contribution is 2.25. The number of ether oxygens (including phenoxy) is 1. The highest BCUT2D eigenvalue weighted by molar-refractivity contribution is 14.0. The molecule has 1 atom stereocenters. The van der Waals surface area contributed by atoms with Crippen molar-refractivity contribution in [3.63, 3.8) is 0 Å². The molecule has 180 valence electrons. The van der Waals surface area contributed by atoms with Crippen molar-refractivity contribution in [1.29, 1.82) is 0 Å². The maximum Gasteiger partial charge on any atom is 0.222 e. The third-order valence-corrected chi connectivity index (χ3v) is 5.61. The number of methoxy groups -OCH3 is 1. The summed E-state index contributed by atoms with van der Waals surface area (Å²) in [7, 11) is 1.67. The van der Waals surface area contributed by atoms with Crippen LogP contribution in [0.15, 0.2) is 47.6 Å².